The van der Waals surface area contributed by atoms with Crippen molar-refractivity contribution in [3.8, 4) is 17.3 Å². The average Bonchev–Trinajstić information content (AvgIpc) is 3.14. The summed E-state index contributed by atoms with van der Waals surface area (Å²) in [5.74, 6) is 0.377. The number of aromatic nitrogens is 3. The lowest BCUT2D eigenvalue weighted by molar-refractivity contribution is 0.409. The van der Waals surface area contributed by atoms with Crippen molar-refractivity contribution in [1.82, 2.24) is 19.9 Å². The van der Waals surface area contributed by atoms with E-state index in [-0.39, 0.29) is 11.4 Å². The molecule has 1 aliphatic rings. The topological polar surface area (TPSA) is 112 Å². The molecule has 0 radical (unpaired) electrons. The number of H-pyrrole nitrogens is 2. The summed E-state index contributed by atoms with van der Waals surface area (Å²) in [5.41, 5.74) is 4.11. The van der Waals surface area contributed by atoms with Crippen molar-refractivity contribution in [2.75, 3.05) is 13.7 Å². The van der Waals surface area contributed by atoms with Crippen LogP contribution in [-0.4, -0.2) is 33.3 Å². The van der Waals surface area contributed by atoms with Gasteiger partial charge in [-0.2, -0.15) is 0 Å². The summed E-state index contributed by atoms with van der Waals surface area (Å²) in [4.78, 5) is 31.3. The van der Waals surface area contributed by atoms with E-state index in [1.54, 1.807) is 13.2 Å². The minimum atomic E-state index is -0.683. The van der Waals surface area contributed by atoms with Crippen molar-refractivity contribution < 1.29 is 9.84 Å². The lowest BCUT2D eigenvalue weighted by atomic mass is 9.95. The number of aromatic hydroxyl groups is 1. The molecular weight excluding hydrogens is 408 g/mol. The molecule has 4 N–H and O–H groups in total. The largest absolute Gasteiger partial charge is 0.497 e. The number of nitrogens with zero attached hydrogens (tertiary/aromatic N) is 1. The lowest BCUT2D eigenvalue weighted by Crippen LogP contribution is -2.38. The predicted octanol–water partition coefficient (Wildman–Crippen LogP) is 2.57. The third-order valence-electron chi connectivity index (χ3n) is 6.32. The van der Waals surface area contributed by atoms with Gasteiger partial charge in [0.2, 0.25) is 5.88 Å². The summed E-state index contributed by atoms with van der Waals surface area (Å²) < 4.78 is 6.51. The molecular formula is C24H24N4O4. The number of aromatic amines is 2. The van der Waals surface area contributed by atoms with Gasteiger partial charge in [0, 0.05) is 23.1 Å². The number of hydrogen-bond acceptors (Lipinski definition) is 5. The van der Waals surface area contributed by atoms with Gasteiger partial charge in [0.05, 0.1) is 18.8 Å². The zero-order chi connectivity index (χ0) is 22.6. The summed E-state index contributed by atoms with van der Waals surface area (Å²) in [7, 11) is 1.62. The first-order valence-corrected chi connectivity index (χ1v) is 10.5. The number of nitrogens with one attached hydrogen (secondary N) is 3. The van der Waals surface area contributed by atoms with Crippen molar-refractivity contribution in [3.63, 3.8) is 0 Å². The first-order valence-electron chi connectivity index (χ1n) is 10.5. The molecule has 2 aromatic heterocycles. The van der Waals surface area contributed by atoms with Crippen LogP contribution in [0, 0.1) is 13.8 Å². The molecule has 1 aliphatic heterocycles. The fourth-order valence-electron chi connectivity index (χ4n) is 4.48. The summed E-state index contributed by atoms with van der Waals surface area (Å²) >= 11 is 0. The molecule has 8 nitrogen and oxygen atoms in total. The molecule has 4 aromatic rings. The zero-order valence-electron chi connectivity index (χ0n) is 18.1. The van der Waals surface area contributed by atoms with E-state index in [9.17, 15) is 14.7 Å². The first kappa shape index (κ1) is 20.1. The molecule has 2 aromatic carbocycles. The van der Waals surface area contributed by atoms with Gasteiger partial charge in [-0.1, -0.05) is 6.07 Å². The summed E-state index contributed by atoms with van der Waals surface area (Å²) in [6.45, 7) is 4.52. The summed E-state index contributed by atoms with van der Waals surface area (Å²) in [6.07, 6.45) is 0.758. The molecule has 0 unspecified atom stereocenters. The Labute approximate surface area is 183 Å². The van der Waals surface area contributed by atoms with E-state index in [0.717, 1.165) is 50.0 Å². The normalized spacial score (nSPS) is 15.7. The molecule has 0 saturated carbocycles. The van der Waals surface area contributed by atoms with Gasteiger partial charge in [0.1, 0.15) is 11.3 Å². The van der Waals surface area contributed by atoms with E-state index < -0.39 is 17.3 Å². The smallest absolute Gasteiger partial charge is 0.335 e. The molecule has 0 bridgehead atoms. The van der Waals surface area contributed by atoms with Crippen LogP contribution >= 0.6 is 0 Å². The Morgan fingerprint density at radius 1 is 1.06 bits per heavy atom. The molecule has 0 fully saturated rings. The molecule has 3 heterocycles. The van der Waals surface area contributed by atoms with E-state index in [4.69, 9.17) is 4.74 Å². The van der Waals surface area contributed by atoms with Crippen molar-refractivity contribution in [3.05, 3.63) is 85.2 Å². The highest BCUT2D eigenvalue weighted by molar-refractivity contribution is 5.86. The highest BCUT2D eigenvalue weighted by Crippen LogP contribution is 2.36. The van der Waals surface area contributed by atoms with E-state index in [1.807, 2.05) is 44.2 Å². The van der Waals surface area contributed by atoms with Crippen LogP contribution in [0.15, 0.2) is 46.0 Å². The second-order valence-corrected chi connectivity index (χ2v) is 8.17. The fraction of sp³-hybridized carbons (Fsp3) is 0.250. The third kappa shape index (κ3) is 3.03. The number of rotatable bonds is 3. The van der Waals surface area contributed by atoms with E-state index in [1.165, 1.54) is 0 Å². The monoisotopic (exact) mass is 432 g/mol. The number of ether oxygens (including phenoxy) is 1. The summed E-state index contributed by atoms with van der Waals surface area (Å²) in [6, 6.07) is 10.6. The number of benzene rings is 2. The predicted molar refractivity (Wildman–Crippen MR) is 122 cm³/mol. The molecule has 0 aliphatic carbocycles. The number of hydrogen-bond donors (Lipinski definition) is 4. The Bertz CT molecular complexity index is 1480. The van der Waals surface area contributed by atoms with Gasteiger partial charge in [-0.15, -0.1) is 0 Å². The van der Waals surface area contributed by atoms with Gasteiger partial charge in [0.25, 0.3) is 5.56 Å². The van der Waals surface area contributed by atoms with Crippen LogP contribution in [0.4, 0.5) is 0 Å². The second kappa shape index (κ2) is 7.42. The van der Waals surface area contributed by atoms with Crippen LogP contribution in [-0.2, 0) is 6.42 Å². The standard InChI is InChI=1S/C24H24N4O4/c1-12-4-5-14(10-13(12)2)28-23(30)19(22(29)27-24(28)31)21-20-16(8-9-25-21)17-11-15(32-3)6-7-18(17)26-20/h4-7,10-11,21,25-26,30H,8-9H2,1-3H3,(H,27,29,31)/t21-/m1/s1. The van der Waals surface area contributed by atoms with Gasteiger partial charge in [0.15, 0.2) is 0 Å². The minimum absolute atomic E-state index is 0.0994. The van der Waals surface area contributed by atoms with Crippen molar-refractivity contribution in [2.24, 2.45) is 0 Å². The van der Waals surface area contributed by atoms with Crippen LogP contribution < -0.4 is 21.3 Å². The Kier molecular flexibility index (Phi) is 4.67. The maximum atomic E-state index is 12.9. The molecule has 0 saturated heterocycles. The SMILES string of the molecule is COc1ccc2[nH]c3c(c2c1)CCN[C@@H]3c1c(O)n(-c2ccc(C)c(C)c2)c(=O)[nH]c1=O. The molecule has 0 spiro atoms. The van der Waals surface area contributed by atoms with Crippen LogP contribution in [0.3, 0.4) is 0 Å². The van der Waals surface area contributed by atoms with Crippen molar-refractivity contribution >= 4 is 10.9 Å². The lowest BCUT2D eigenvalue weighted by Gasteiger charge is -2.25. The molecule has 8 heteroatoms. The van der Waals surface area contributed by atoms with E-state index in [0.29, 0.717) is 12.2 Å². The Hall–Kier alpha value is -3.78. The van der Waals surface area contributed by atoms with E-state index >= 15 is 0 Å². The van der Waals surface area contributed by atoms with Crippen molar-refractivity contribution in [1.29, 1.82) is 0 Å². The second-order valence-electron chi connectivity index (χ2n) is 8.17. The quantitative estimate of drug-likeness (QED) is 0.398. The maximum absolute atomic E-state index is 12.9. The Balaban J connectivity index is 1.72. The molecule has 164 valence electrons. The van der Waals surface area contributed by atoms with Gasteiger partial charge in [-0.3, -0.25) is 9.78 Å². The summed E-state index contributed by atoms with van der Waals surface area (Å²) in [5, 5.41) is 15.5. The Morgan fingerprint density at radius 3 is 2.62 bits per heavy atom. The Morgan fingerprint density at radius 2 is 1.88 bits per heavy atom. The van der Waals surface area contributed by atoms with E-state index in [2.05, 4.69) is 15.3 Å². The molecule has 32 heavy (non-hydrogen) atoms. The maximum Gasteiger partial charge on any atom is 0.335 e. The van der Waals surface area contributed by atoms with Gasteiger partial charge in [-0.05, 0) is 67.3 Å². The average molecular weight is 432 g/mol. The highest BCUT2D eigenvalue weighted by atomic mass is 16.5. The first-order chi connectivity index (χ1) is 15.4. The molecule has 5 rings (SSSR count). The minimum Gasteiger partial charge on any atom is -0.497 e. The van der Waals surface area contributed by atoms with Crippen LogP contribution in [0.1, 0.15) is 34.0 Å². The van der Waals surface area contributed by atoms with Gasteiger partial charge >= 0.3 is 5.69 Å². The number of fused-ring (bicyclic) bond motifs is 3. The zero-order valence-corrected chi connectivity index (χ0v) is 18.1. The number of methoxy groups -OCH3 is 1. The van der Waals surface area contributed by atoms with Gasteiger partial charge < -0.3 is 20.1 Å². The number of aryl methyl sites for hydroxylation is 2. The van der Waals surface area contributed by atoms with Crippen LogP contribution in [0.2, 0.25) is 0 Å². The highest BCUT2D eigenvalue weighted by Gasteiger charge is 2.31. The van der Waals surface area contributed by atoms with Crippen LogP contribution in [0.5, 0.6) is 11.6 Å². The fourth-order valence-corrected chi connectivity index (χ4v) is 4.48. The van der Waals surface area contributed by atoms with Gasteiger partial charge in [-0.25, -0.2) is 9.36 Å². The third-order valence-corrected chi connectivity index (χ3v) is 6.32. The molecule has 0 amide bonds. The molecule has 1 atom stereocenters. The van der Waals surface area contributed by atoms with Crippen LogP contribution in [0.25, 0.3) is 16.6 Å². The van der Waals surface area contributed by atoms with Crippen molar-refractivity contribution in [2.45, 2.75) is 26.3 Å².